The minimum atomic E-state index is 0.205. The molecule has 1 heterocycles. The molecule has 2 N–H and O–H groups in total. The third-order valence-corrected chi connectivity index (χ3v) is 5.91. The van der Waals surface area contributed by atoms with E-state index < -0.39 is 0 Å². The zero-order valence-electron chi connectivity index (χ0n) is 13.6. The van der Waals surface area contributed by atoms with E-state index in [0.29, 0.717) is 0 Å². The molecule has 21 heavy (non-hydrogen) atoms. The van der Waals surface area contributed by atoms with Crippen molar-refractivity contribution in [3.63, 3.8) is 0 Å². The second-order valence-electron chi connectivity index (χ2n) is 7.33. The average Bonchev–Trinajstić information content (AvgIpc) is 2.54. The third-order valence-electron chi connectivity index (χ3n) is 5.91. The van der Waals surface area contributed by atoms with E-state index in [2.05, 4.69) is 43.0 Å². The zero-order chi connectivity index (χ0) is 14.9. The van der Waals surface area contributed by atoms with Gasteiger partial charge >= 0.3 is 0 Å². The van der Waals surface area contributed by atoms with Crippen molar-refractivity contribution in [2.75, 3.05) is 18.0 Å². The highest BCUT2D eigenvalue weighted by atomic mass is 15.2. The number of benzene rings is 1. The van der Waals surface area contributed by atoms with Crippen molar-refractivity contribution >= 4 is 5.69 Å². The summed E-state index contributed by atoms with van der Waals surface area (Å²) in [5, 5.41) is 0. The smallest absolute Gasteiger partial charge is 0.0524 e. The maximum atomic E-state index is 6.32. The predicted octanol–water partition coefficient (Wildman–Crippen LogP) is 3.98. The van der Waals surface area contributed by atoms with Crippen LogP contribution in [0.4, 0.5) is 5.69 Å². The van der Waals surface area contributed by atoms with Gasteiger partial charge in [0.05, 0.1) is 5.54 Å². The highest BCUT2D eigenvalue weighted by Crippen LogP contribution is 2.42. The van der Waals surface area contributed by atoms with Gasteiger partial charge < -0.3 is 10.6 Å². The molecule has 1 fully saturated rings. The van der Waals surface area contributed by atoms with E-state index in [0.717, 1.165) is 18.4 Å². The highest BCUT2D eigenvalue weighted by molar-refractivity contribution is 5.58. The lowest BCUT2D eigenvalue weighted by Gasteiger charge is -2.52. The molecular formula is C19H30N2. The van der Waals surface area contributed by atoms with Crippen LogP contribution in [0, 0.1) is 11.8 Å². The Bertz CT molecular complexity index is 474. The molecule has 1 atom stereocenters. The normalized spacial score (nSPS) is 32.8. The molecule has 0 radical (unpaired) electrons. The van der Waals surface area contributed by atoms with Gasteiger partial charge in [-0.25, -0.2) is 0 Å². The summed E-state index contributed by atoms with van der Waals surface area (Å²) in [6.07, 6.45) is 7.77. The number of rotatable bonds is 3. The van der Waals surface area contributed by atoms with E-state index in [1.807, 2.05) is 0 Å². The fourth-order valence-electron chi connectivity index (χ4n) is 4.45. The predicted molar refractivity (Wildman–Crippen MR) is 90.7 cm³/mol. The van der Waals surface area contributed by atoms with Gasteiger partial charge in [0.15, 0.2) is 0 Å². The van der Waals surface area contributed by atoms with Crippen LogP contribution < -0.4 is 10.6 Å². The number of nitrogens with zero attached hydrogens (tertiary/aromatic N) is 1. The first-order valence-corrected chi connectivity index (χ1v) is 8.74. The topological polar surface area (TPSA) is 29.3 Å². The van der Waals surface area contributed by atoms with E-state index >= 15 is 0 Å². The summed E-state index contributed by atoms with van der Waals surface area (Å²) in [6, 6.07) is 8.98. The number of anilines is 1. The second kappa shape index (κ2) is 6.00. The zero-order valence-corrected chi connectivity index (χ0v) is 13.6. The summed E-state index contributed by atoms with van der Waals surface area (Å²) in [4.78, 5) is 2.68. The van der Waals surface area contributed by atoms with E-state index in [1.165, 1.54) is 56.3 Å². The van der Waals surface area contributed by atoms with Gasteiger partial charge in [-0.1, -0.05) is 38.5 Å². The van der Waals surface area contributed by atoms with Gasteiger partial charge in [-0.05, 0) is 55.6 Å². The molecule has 1 saturated carbocycles. The van der Waals surface area contributed by atoms with Crippen LogP contribution in [0.25, 0.3) is 0 Å². The summed E-state index contributed by atoms with van der Waals surface area (Å²) < 4.78 is 0. The van der Waals surface area contributed by atoms with Gasteiger partial charge in [0.1, 0.15) is 0 Å². The van der Waals surface area contributed by atoms with Gasteiger partial charge in [-0.15, -0.1) is 0 Å². The van der Waals surface area contributed by atoms with Crippen molar-refractivity contribution in [1.82, 2.24) is 0 Å². The van der Waals surface area contributed by atoms with Crippen LogP contribution >= 0.6 is 0 Å². The highest BCUT2D eigenvalue weighted by Gasteiger charge is 2.41. The summed E-state index contributed by atoms with van der Waals surface area (Å²) in [7, 11) is 0. The molecule has 2 aliphatic rings. The Morgan fingerprint density at radius 1 is 1.24 bits per heavy atom. The fraction of sp³-hybridized carbons (Fsp3) is 0.684. The van der Waals surface area contributed by atoms with Gasteiger partial charge in [-0.3, -0.25) is 0 Å². The summed E-state index contributed by atoms with van der Waals surface area (Å²) in [6.45, 7) is 6.68. The summed E-state index contributed by atoms with van der Waals surface area (Å²) in [5.41, 5.74) is 9.49. The molecule has 1 aliphatic heterocycles. The number of fused-ring (bicyclic) bond motifs is 1. The molecule has 1 aromatic rings. The molecule has 0 aromatic heterocycles. The Balaban J connectivity index is 1.91. The van der Waals surface area contributed by atoms with Crippen molar-refractivity contribution in [1.29, 1.82) is 0 Å². The van der Waals surface area contributed by atoms with Crippen LogP contribution in [-0.2, 0) is 6.42 Å². The minimum Gasteiger partial charge on any atom is -0.364 e. The molecule has 0 bridgehead atoms. The van der Waals surface area contributed by atoms with Crippen molar-refractivity contribution in [3.8, 4) is 0 Å². The van der Waals surface area contributed by atoms with E-state index in [4.69, 9.17) is 5.73 Å². The Morgan fingerprint density at radius 3 is 2.62 bits per heavy atom. The lowest BCUT2D eigenvalue weighted by atomic mass is 9.73. The van der Waals surface area contributed by atoms with Gasteiger partial charge in [-0.2, -0.15) is 0 Å². The molecule has 3 rings (SSSR count). The molecule has 1 aliphatic carbocycles. The Morgan fingerprint density at radius 2 is 1.95 bits per heavy atom. The maximum absolute atomic E-state index is 6.32. The van der Waals surface area contributed by atoms with Crippen LogP contribution in [0.15, 0.2) is 24.3 Å². The third kappa shape index (κ3) is 2.70. The standard InChI is InChI=1S/C19H30N2/c1-3-16-8-10-19(14-20,11-9-16)21-13-15(2)12-17-6-4-5-7-18(17)21/h4-7,15-16H,3,8-14,20H2,1-2H3. The Hall–Kier alpha value is -1.02. The monoisotopic (exact) mass is 286 g/mol. The van der Waals surface area contributed by atoms with Crippen molar-refractivity contribution in [2.24, 2.45) is 17.6 Å². The fourth-order valence-corrected chi connectivity index (χ4v) is 4.45. The summed E-state index contributed by atoms with van der Waals surface area (Å²) in [5.74, 6) is 1.65. The molecular weight excluding hydrogens is 256 g/mol. The van der Waals surface area contributed by atoms with Crippen LogP contribution in [0.3, 0.4) is 0 Å². The molecule has 2 nitrogen and oxygen atoms in total. The molecule has 1 unspecified atom stereocenters. The van der Waals surface area contributed by atoms with Crippen molar-refractivity contribution < 1.29 is 0 Å². The molecule has 116 valence electrons. The number of para-hydroxylation sites is 1. The molecule has 1 aromatic carbocycles. The quantitative estimate of drug-likeness (QED) is 0.910. The molecule has 2 heteroatoms. The Kier molecular flexibility index (Phi) is 4.26. The lowest BCUT2D eigenvalue weighted by Crippen LogP contribution is -2.58. The van der Waals surface area contributed by atoms with Crippen molar-refractivity contribution in [2.45, 2.75) is 57.9 Å². The summed E-state index contributed by atoms with van der Waals surface area (Å²) >= 11 is 0. The number of nitrogens with two attached hydrogens (primary N) is 1. The van der Waals surface area contributed by atoms with Gasteiger partial charge in [0, 0.05) is 18.8 Å². The van der Waals surface area contributed by atoms with Gasteiger partial charge in [0.25, 0.3) is 0 Å². The number of hydrogen-bond acceptors (Lipinski definition) is 2. The maximum Gasteiger partial charge on any atom is 0.0524 e. The van der Waals surface area contributed by atoms with Crippen LogP contribution in [0.5, 0.6) is 0 Å². The van der Waals surface area contributed by atoms with E-state index in [9.17, 15) is 0 Å². The largest absolute Gasteiger partial charge is 0.364 e. The Labute approximate surface area is 129 Å². The van der Waals surface area contributed by atoms with Gasteiger partial charge in [0.2, 0.25) is 0 Å². The van der Waals surface area contributed by atoms with E-state index in [1.54, 1.807) is 0 Å². The average molecular weight is 286 g/mol. The van der Waals surface area contributed by atoms with Crippen LogP contribution in [0.2, 0.25) is 0 Å². The first-order chi connectivity index (χ1) is 10.2. The lowest BCUT2D eigenvalue weighted by molar-refractivity contribution is 0.213. The van der Waals surface area contributed by atoms with E-state index in [-0.39, 0.29) is 5.54 Å². The number of hydrogen-bond donors (Lipinski definition) is 1. The minimum absolute atomic E-state index is 0.205. The van der Waals surface area contributed by atoms with Crippen molar-refractivity contribution in [3.05, 3.63) is 29.8 Å². The first kappa shape index (κ1) is 14.9. The first-order valence-electron chi connectivity index (χ1n) is 8.74. The van der Waals surface area contributed by atoms with Crippen LogP contribution in [0.1, 0.15) is 51.5 Å². The second-order valence-corrected chi connectivity index (χ2v) is 7.33. The molecule has 0 spiro atoms. The SMILES string of the molecule is CCC1CCC(CN)(N2CC(C)Cc3ccccc32)CC1. The van der Waals surface area contributed by atoms with Crippen LogP contribution in [-0.4, -0.2) is 18.6 Å². The molecule has 0 saturated heterocycles. The molecule has 0 amide bonds.